The summed E-state index contributed by atoms with van der Waals surface area (Å²) in [5.74, 6) is 0.702. The number of carbonyl (C=O) groups excluding carboxylic acids is 1. The Balaban J connectivity index is 2.35. The lowest BCUT2D eigenvalue weighted by molar-refractivity contribution is -0.215. The van der Waals surface area contributed by atoms with Crippen LogP contribution in [-0.2, 0) is 11.3 Å². The number of hydrogen-bond acceptors (Lipinski definition) is 3. The van der Waals surface area contributed by atoms with Crippen molar-refractivity contribution in [1.82, 2.24) is 0 Å². The van der Waals surface area contributed by atoms with Crippen LogP contribution >= 0.6 is 0 Å². The van der Waals surface area contributed by atoms with Gasteiger partial charge in [-0.15, -0.1) is 0 Å². The summed E-state index contributed by atoms with van der Waals surface area (Å²) in [6, 6.07) is 5.09. The molecule has 0 saturated carbocycles. The highest BCUT2D eigenvalue weighted by atomic mass is 17.2. The van der Waals surface area contributed by atoms with Crippen LogP contribution in [0, 0.1) is 0 Å². The van der Waals surface area contributed by atoms with Gasteiger partial charge in [-0.3, -0.25) is 4.90 Å². The van der Waals surface area contributed by atoms with E-state index in [0.717, 1.165) is 17.7 Å². The fourth-order valence-electron chi connectivity index (χ4n) is 1.93. The number of anilines is 1. The van der Waals surface area contributed by atoms with Gasteiger partial charge in [0.15, 0.2) is 5.75 Å². The summed E-state index contributed by atoms with van der Waals surface area (Å²) in [4.78, 5) is 22.9. The number of primary amides is 1. The smallest absolute Gasteiger partial charge is 0.319 e. The van der Waals surface area contributed by atoms with Gasteiger partial charge in [0.25, 0.3) is 0 Å². The number of nitrogens with zero attached hydrogens (tertiary/aromatic N) is 1. The molecule has 2 amide bonds. The Morgan fingerprint density at radius 1 is 1.47 bits per heavy atom. The van der Waals surface area contributed by atoms with E-state index in [-0.39, 0.29) is 6.04 Å². The van der Waals surface area contributed by atoms with Gasteiger partial charge >= 0.3 is 6.03 Å². The molecule has 0 atom stereocenters. The van der Waals surface area contributed by atoms with Crippen LogP contribution in [0.15, 0.2) is 18.2 Å². The first kappa shape index (κ1) is 11.7. The Kier molecular flexibility index (Phi) is 3.19. The van der Waals surface area contributed by atoms with Crippen LogP contribution in [0.3, 0.4) is 0 Å². The Labute approximate surface area is 100 Å². The predicted octanol–water partition coefficient (Wildman–Crippen LogP) is 1.85. The number of hydrogen-bond donors (Lipinski definition) is 1. The summed E-state index contributed by atoms with van der Waals surface area (Å²) < 4.78 is 0. The lowest BCUT2D eigenvalue weighted by atomic mass is 10.1. The molecule has 0 aromatic heterocycles. The number of fused-ring (bicyclic) bond motifs is 1. The van der Waals surface area contributed by atoms with Crippen LogP contribution in [0.1, 0.15) is 19.4 Å². The fraction of sp³-hybridized carbons (Fsp3) is 0.417. The molecule has 5 nitrogen and oxygen atoms in total. The minimum Gasteiger partial charge on any atom is -0.351 e. The van der Waals surface area contributed by atoms with Gasteiger partial charge in [-0.25, -0.2) is 4.79 Å². The zero-order chi connectivity index (χ0) is 12.4. The van der Waals surface area contributed by atoms with Crippen LogP contribution in [0.25, 0.3) is 0 Å². The van der Waals surface area contributed by atoms with Crippen molar-refractivity contribution in [2.24, 2.45) is 5.73 Å². The zero-order valence-electron chi connectivity index (χ0n) is 9.97. The van der Waals surface area contributed by atoms with Crippen molar-refractivity contribution in [2.75, 3.05) is 11.5 Å². The van der Waals surface area contributed by atoms with Crippen molar-refractivity contribution < 1.29 is 14.6 Å². The summed E-state index contributed by atoms with van der Waals surface area (Å²) in [6.45, 7) is 4.36. The molecule has 1 aromatic carbocycles. The average Bonchev–Trinajstić information content (AvgIpc) is 2.28. The molecular weight excluding hydrogens is 220 g/mol. The van der Waals surface area contributed by atoms with Gasteiger partial charge < -0.3 is 10.6 Å². The number of carbonyl (C=O) groups is 1. The monoisotopic (exact) mass is 236 g/mol. The molecule has 0 radical (unpaired) electrons. The van der Waals surface area contributed by atoms with Crippen LogP contribution in [-0.4, -0.2) is 18.7 Å². The second kappa shape index (κ2) is 4.63. The first-order chi connectivity index (χ1) is 8.09. The van der Waals surface area contributed by atoms with E-state index in [1.807, 2.05) is 19.9 Å². The Bertz CT molecular complexity index is 432. The predicted molar refractivity (Wildman–Crippen MR) is 63.9 cm³/mol. The number of nitrogens with two attached hydrogens (primary N) is 1. The average molecular weight is 236 g/mol. The summed E-state index contributed by atoms with van der Waals surface area (Å²) in [5, 5.41) is 0. The third-order valence-corrected chi connectivity index (χ3v) is 2.68. The normalized spacial score (nSPS) is 14.1. The molecule has 0 spiro atoms. The Hall–Kier alpha value is -1.75. The molecular formula is C12H16N2O3. The standard InChI is InChI=1S/C12H16N2O3/c1-8(2)14(12(13)15)10-3-4-11-9(7-10)5-6-16-17-11/h3-4,7-8H,5-6H2,1-2H3,(H2,13,15). The third kappa shape index (κ3) is 2.34. The molecule has 1 aromatic rings. The van der Waals surface area contributed by atoms with Gasteiger partial charge in [-0.2, -0.15) is 4.89 Å². The van der Waals surface area contributed by atoms with Crippen molar-refractivity contribution in [3.63, 3.8) is 0 Å². The molecule has 0 bridgehead atoms. The second-order valence-corrected chi connectivity index (χ2v) is 4.25. The second-order valence-electron chi connectivity index (χ2n) is 4.25. The Morgan fingerprint density at radius 3 is 2.88 bits per heavy atom. The van der Waals surface area contributed by atoms with Crippen molar-refractivity contribution in [3.05, 3.63) is 23.8 Å². The van der Waals surface area contributed by atoms with Crippen LogP contribution in [0.2, 0.25) is 0 Å². The molecule has 1 aliphatic rings. The minimum absolute atomic E-state index is 0.0197. The van der Waals surface area contributed by atoms with Crippen LogP contribution in [0.4, 0.5) is 10.5 Å². The van der Waals surface area contributed by atoms with Gasteiger partial charge in [0.1, 0.15) is 0 Å². The van der Waals surface area contributed by atoms with Crippen molar-refractivity contribution in [1.29, 1.82) is 0 Å². The summed E-state index contributed by atoms with van der Waals surface area (Å²) in [5.41, 5.74) is 7.19. The topological polar surface area (TPSA) is 64.8 Å². The number of amides is 2. The molecule has 0 unspecified atom stereocenters. The van der Waals surface area contributed by atoms with Crippen molar-refractivity contribution in [3.8, 4) is 5.75 Å². The molecule has 17 heavy (non-hydrogen) atoms. The van der Waals surface area contributed by atoms with E-state index in [9.17, 15) is 4.79 Å². The van der Waals surface area contributed by atoms with E-state index in [1.54, 1.807) is 17.0 Å². The van der Waals surface area contributed by atoms with Gasteiger partial charge in [0.2, 0.25) is 0 Å². The van der Waals surface area contributed by atoms with E-state index < -0.39 is 6.03 Å². The maximum atomic E-state index is 11.4. The van der Waals surface area contributed by atoms with Gasteiger partial charge in [0.05, 0.1) is 6.61 Å². The van der Waals surface area contributed by atoms with E-state index in [2.05, 4.69) is 0 Å². The van der Waals surface area contributed by atoms with Gasteiger partial charge in [-0.05, 0) is 32.0 Å². The van der Waals surface area contributed by atoms with E-state index in [1.165, 1.54) is 0 Å². The molecule has 2 rings (SSSR count). The lowest BCUT2D eigenvalue weighted by Gasteiger charge is -2.26. The maximum absolute atomic E-state index is 11.4. The first-order valence-electron chi connectivity index (χ1n) is 5.60. The summed E-state index contributed by atoms with van der Waals surface area (Å²) in [7, 11) is 0. The van der Waals surface area contributed by atoms with Gasteiger partial charge in [-0.1, -0.05) is 0 Å². The van der Waals surface area contributed by atoms with E-state index >= 15 is 0 Å². The molecule has 2 N–H and O–H groups in total. The molecule has 0 fully saturated rings. The highest BCUT2D eigenvalue weighted by Crippen LogP contribution is 2.29. The van der Waals surface area contributed by atoms with E-state index in [4.69, 9.17) is 15.5 Å². The highest BCUT2D eigenvalue weighted by molar-refractivity contribution is 5.91. The number of urea groups is 1. The Morgan fingerprint density at radius 2 is 2.24 bits per heavy atom. The summed E-state index contributed by atoms with van der Waals surface area (Å²) >= 11 is 0. The highest BCUT2D eigenvalue weighted by Gasteiger charge is 2.19. The minimum atomic E-state index is -0.451. The molecule has 1 aliphatic heterocycles. The third-order valence-electron chi connectivity index (χ3n) is 2.68. The summed E-state index contributed by atoms with van der Waals surface area (Å²) in [6.07, 6.45) is 0.772. The first-order valence-corrected chi connectivity index (χ1v) is 5.60. The molecule has 0 aliphatic carbocycles. The SMILES string of the molecule is CC(C)N(C(N)=O)c1ccc2c(c1)CCOO2. The molecule has 1 heterocycles. The lowest BCUT2D eigenvalue weighted by Crippen LogP contribution is -2.41. The molecule has 0 saturated heterocycles. The van der Waals surface area contributed by atoms with Crippen LogP contribution < -0.4 is 15.5 Å². The number of benzene rings is 1. The molecule has 5 heteroatoms. The van der Waals surface area contributed by atoms with Crippen molar-refractivity contribution in [2.45, 2.75) is 26.3 Å². The number of rotatable bonds is 2. The van der Waals surface area contributed by atoms with Crippen LogP contribution in [0.5, 0.6) is 5.75 Å². The fourth-order valence-corrected chi connectivity index (χ4v) is 1.93. The van der Waals surface area contributed by atoms with Crippen molar-refractivity contribution >= 4 is 11.7 Å². The van der Waals surface area contributed by atoms with Gasteiger partial charge in [0, 0.05) is 23.7 Å². The largest absolute Gasteiger partial charge is 0.351 e. The quantitative estimate of drug-likeness (QED) is 0.797. The zero-order valence-corrected chi connectivity index (χ0v) is 9.97. The maximum Gasteiger partial charge on any atom is 0.319 e. The van der Waals surface area contributed by atoms with E-state index in [0.29, 0.717) is 12.4 Å². The molecule has 92 valence electrons.